The average molecular weight is 424 g/mol. The Labute approximate surface area is 180 Å². The van der Waals surface area contributed by atoms with Crippen molar-refractivity contribution in [1.29, 1.82) is 0 Å². The number of anilines is 2. The van der Waals surface area contributed by atoms with Crippen LogP contribution in [-0.4, -0.2) is 32.6 Å². The number of ether oxygens (including phenoxy) is 2. The first kappa shape index (κ1) is 21.9. The smallest absolute Gasteiger partial charge is 0.279 e. The van der Waals surface area contributed by atoms with Crippen molar-refractivity contribution < 1.29 is 28.8 Å². The van der Waals surface area contributed by atoms with Gasteiger partial charge in [-0.05, 0) is 31.2 Å². The first-order valence-electron chi connectivity index (χ1n) is 9.80. The van der Waals surface area contributed by atoms with Crippen LogP contribution in [0.2, 0.25) is 0 Å². The van der Waals surface area contributed by atoms with Crippen molar-refractivity contribution in [2.45, 2.75) is 13.0 Å². The minimum atomic E-state index is -0.278. The van der Waals surface area contributed by atoms with Gasteiger partial charge < -0.3 is 29.8 Å². The molecule has 0 saturated heterocycles. The summed E-state index contributed by atoms with van der Waals surface area (Å²) in [5.41, 5.74) is 1.40. The molecule has 8 heteroatoms. The van der Waals surface area contributed by atoms with Crippen LogP contribution in [0.4, 0.5) is 11.4 Å². The Morgan fingerprint density at radius 2 is 1.61 bits per heavy atom. The summed E-state index contributed by atoms with van der Waals surface area (Å²) in [4.78, 5) is 25.0. The molecule has 0 aliphatic carbocycles. The molecule has 1 atom stereocenters. The number of carbonyl (C=O) groups excluding carboxylic acids is 2. The maximum absolute atomic E-state index is 12.5. The van der Waals surface area contributed by atoms with Gasteiger partial charge in [-0.25, -0.2) is 0 Å². The molecule has 0 aliphatic heterocycles. The third kappa shape index (κ3) is 5.64. The Morgan fingerprint density at radius 1 is 0.968 bits per heavy atom. The average Bonchev–Trinajstić information content (AvgIpc) is 3.33. The molecular weight excluding hydrogens is 398 g/mol. The van der Waals surface area contributed by atoms with E-state index in [1.54, 1.807) is 42.7 Å². The predicted octanol–water partition coefficient (Wildman–Crippen LogP) is 2.81. The van der Waals surface area contributed by atoms with Crippen molar-refractivity contribution in [3.05, 3.63) is 72.2 Å². The maximum Gasteiger partial charge on any atom is 0.279 e. The molecular formula is C23H26N3O5+. The number of hydrogen-bond acceptors (Lipinski definition) is 5. The van der Waals surface area contributed by atoms with E-state index in [0.717, 1.165) is 5.76 Å². The number of nitrogens with one attached hydrogen (secondary N) is 2. The van der Waals surface area contributed by atoms with Crippen LogP contribution >= 0.6 is 0 Å². The van der Waals surface area contributed by atoms with E-state index in [0.29, 0.717) is 28.4 Å². The number of rotatable bonds is 9. The second kappa shape index (κ2) is 10.3. The van der Waals surface area contributed by atoms with Gasteiger partial charge in [0.05, 0.1) is 31.9 Å². The molecule has 8 nitrogen and oxygen atoms in total. The first-order valence-corrected chi connectivity index (χ1v) is 9.80. The SMILES string of the molecule is COc1cc(NC(=O)c2ccccc2)c(OC)cc1NC(=O)C[NH2+][C@@H](C)c1ccco1. The molecule has 0 bridgehead atoms. The van der Waals surface area contributed by atoms with Crippen molar-refractivity contribution in [3.8, 4) is 11.5 Å². The Hall–Kier alpha value is -3.78. The quantitative estimate of drug-likeness (QED) is 0.490. The maximum atomic E-state index is 12.5. The fourth-order valence-corrected chi connectivity index (χ4v) is 3.03. The molecule has 1 aromatic heterocycles. The van der Waals surface area contributed by atoms with Gasteiger partial charge in [0, 0.05) is 17.7 Å². The van der Waals surface area contributed by atoms with Gasteiger partial charge in [0.2, 0.25) is 0 Å². The molecule has 3 rings (SSSR count). The third-order valence-corrected chi connectivity index (χ3v) is 4.73. The van der Waals surface area contributed by atoms with Gasteiger partial charge in [0.25, 0.3) is 11.8 Å². The van der Waals surface area contributed by atoms with E-state index in [-0.39, 0.29) is 24.4 Å². The Kier molecular flexibility index (Phi) is 7.29. The highest BCUT2D eigenvalue weighted by Crippen LogP contribution is 2.36. The molecule has 0 fully saturated rings. The number of nitrogens with two attached hydrogens (primary N) is 1. The largest absolute Gasteiger partial charge is 0.494 e. The normalized spacial score (nSPS) is 11.5. The molecule has 0 unspecified atom stereocenters. The summed E-state index contributed by atoms with van der Waals surface area (Å²) >= 11 is 0. The second-order valence-electron chi connectivity index (χ2n) is 6.87. The molecule has 0 aliphatic rings. The van der Waals surface area contributed by atoms with Crippen LogP contribution in [0, 0.1) is 0 Å². The molecule has 2 amide bonds. The van der Waals surface area contributed by atoms with Gasteiger partial charge in [-0.15, -0.1) is 0 Å². The fraction of sp³-hybridized carbons (Fsp3) is 0.217. The van der Waals surface area contributed by atoms with Crippen molar-refractivity contribution in [2.24, 2.45) is 0 Å². The van der Waals surface area contributed by atoms with E-state index >= 15 is 0 Å². The number of benzene rings is 2. The van der Waals surface area contributed by atoms with Crippen LogP contribution in [-0.2, 0) is 4.79 Å². The van der Waals surface area contributed by atoms with E-state index in [4.69, 9.17) is 13.9 Å². The van der Waals surface area contributed by atoms with E-state index < -0.39 is 0 Å². The van der Waals surface area contributed by atoms with E-state index in [1.807, 2.05) is 30.4 Å². The first-order chi connectivity index (χ1) is 15.0. The Balaban J connectivity index is 1.70. The van der Waals surface area contributed by atoms with E-state index in [1.165, 1.54) is 14.2 Å². The monoisotopic (exact) mass is 424 g/mol. The minimum Gasteiger partial charge on any atom is -0.494 e. The number of quaternary nitrogens is 1. The highest BCUT2D eigenvalue weighted by Gasteiger charge is 2.18. The molecule has 3 aromatic rings. The number of carbonyl (C=O) groups is 2. The summed E-state index contributed by atoms with van der Waals surface area (Å²) in [7, 11) is 2.98. The van der Waals surface area contributed by atoms with Crippen LogP contribution in [0.25, 0.3) is 0 Å². The van der Waals surface area contributed by atoms with E-state index in [9.17, 15) is 9.59 Å². The van der Waals surface area contributed by atoms with Crippen molar-refractivity contribution in [3.63, 3.8) is 0 Å². The van der Waals surface area contributed by atoms with Crippen molar-refractivity contribution >= 4 is 23.2 Å². The van der Waals surface area contributed by atoms with Crippen molar-refractivity contribution in [1.82, 2.24) is 0 Å². The Bertz CT molecular complexity index is 1020. The molecule has 0 spiro atoms. The summed E-state index contributed by atoms with van der Waals surface area (Å²) in [5.74, 6) is 1.11. The van der Waals surface area contributed by atoms with Gasteiger partial charge in [0.1, 0.15) is 17.5 Å². The number of hydrogen-bond donors (Lipinski definition) is 3. The zero-order valence-electron chi connectivity index (χ0n) is 17.7. The van der Waals surface area contributed by atoms with Crippen LogP contribution in [0.15, 0.2) is 65.3 Å². The second-order valence-corrected chi connectivity index (χ2v) is 6.87. The lowest BCUT2D eigenvalue weighted by molar-refractivity contribution is -0.684. The van der Waals surface area contributed by atoms with Crippen LogP contribution in [0.5, 0.6) is 11.5 Å². The summed E-state index contributed by atoms with van der Waals surface area (Å²) in [6.07, 6.45) is 1.61. The summed E-state index contributed by atoms with van der Waals surface area (Å²) in [5, 5.41) is 7.51. The standard InChI is InChI=1S/C23H25N3O5/c1-15(19-10-7-11-31-19)24-14-22(27)25-17-12-21(30-3)18(13-20(17)29-2)26-23(28)16-8-5-4-6-9-16/h4-13,15,24H,14H2,1-3H3,(H,25,27)(H,26,28)/p+1/t15-/m0/s1. The van der Waals surface area contributed by atoms with Crippen LogP contribution in [0.3, 0.4) is 0 Å². The zero-order chi connectivity index (χ0) is 22.2. The van der Waals surface area contributed by atoms with Crippen LogP contribution in [0.1, 0.15) is 29.1 Å². The number of methoxy groups -OCH3 is 2. The lowest BCUT2D eigenvalue weighted by Crippen LogP contribution is -2.86. The summed E-state index contributed by atoms with van der Waals surface area (Å²) in [6, 6.07) is 15.8. The van der Waals surface area contributed by atoms with Crippen LogP contribution < -0.4 is 25.4 Å². The highest BCUT2D eigenvalue weighted by molar-refractivity contribution is 6.05. The highest BCUT2D eigenvalue weighted by atomic mass is 16.5. The number of furan rings is 1. The summed E-state index contributed by atoms with van der Waals surface area (Å²) in [6.45, 7) is 2.15. The topological polar surface area (TPSA) is 106 Å². The van der Waals surface area contributed by atoms with Gasteiger partial charge >= 0.3 is 0 Å². The minimum absolute atomic E-state index is 0.00718. The molecule has 2 aromatic carbocycles. The molecule has 0 saturated carbocycles. The molecule has 4 N–H and O–H groups in total. The fourth-order valence-electron chi connectivity index (χ4n) is 3.03. The third-order valence-electron chi connectivity index (χ3n) is 4.73. The molecule has 162 valence electrons. The van der Waals surface area contributed by atoms with Gasteiger partial charge in [0.15, 0.2) is 12.3 Å². The molecule has 31 heavy (non-hydrogen) atoms. The van der Waals surface area contributed by atoms with Gasteiger partial charge in [-0.3, -0.25) is 9.59 Å². The van der Waals surface area contributed by atoms with Gasteiger partial charge in [-0.1, -0.05) is 18.2 Å². The van der Waals surface area contributed by atoms with Gasteiger partial charge in [-0.2, -0.15) is 0 Å². The number of amides is 2. The summed E-state index contributed by atoms with van der Waals surface area (Å²) < 4.78 is 16.2. The van der Waals surface area contributed by atoms with E-state index in [2.05, 4.69) is 10.6 Å². The molecule has 1 heterocycles. The lowest BCUT2D eigenvalue weighted by atomic mass is 10.2. The molecule has 0 radical (unpaired) electrons. The predicted molar refractivity (Wildman–Crippen MR) is 116 cm³/mol. The lowest BCUT2D eigenvalue weighted by Gasteiger charge is -2.16. The van der Waals surface area contributed by atoms with Crippen molar-refractivity contribution in [2.75, 3.05) is 31.4 Å². The zero-order valence-corrected chi connectivity index (χ0v) is 17.7. The Morgan fingerprint density at radius 3 is 2.19 bits per heavy atom.